The van der Waals surface area contributed by atoms with Gasteiger partial charge in [-0.3, -0.25) is 0 Å². The number of hydrogen-bond donors (Lipinski definition) is 1. The molecule has 1 aliphatic rings. The van der Waals surface area contributed by atoms with Gasteiger partial charge in [0.2, 0.25) is 0 Å². The highest BCUT2D eigenvalue weighted by Gasteiger charge is 2.22. The SMILES string of the molecule is COc1c(CC(C)(C)N)cc2c(c1Br)CCCC2. The normalized spacial score (nSPS) is 15.4. The van der Waals surface area contributed by atoms with Crippen molar-refractivity contribution in [2.45, 2.75) is 51.5 Å². The van der Waals surface area contributed by atoms with Crippen molar-refractivity contribution in [2.75, 3.05) is 7.11 Å². The van der Waals surface area contributed by atoms with Gasteiger partial charge in [0, 0.05) is 5.54 Å². The monoisotopic (exact) mass is 311 g/mol. The zero-order valence-electron chi connectivity index (χ0n) is 11.5. The molecule has 0 atom stereocenters. The van der Waals surface area contributed by atoms with Crippen LogP contribution in [0, 0.1) is 0 Å². The summed E-state index contributed by atoms with van der Waals surface area (Å²) in [5.74, 6) is 0.967. The number of fused-ring (bicyclic) bond motifs is 1. The third-order valence-corrected chi connectivity index (χ3v) is 4.30. The lowest BCUT2D eigenvalue weighted by Crippen LogP contribution is -2.34. The van der Waals surface area contributed by atoms with Gasteiger partial charge in [-0.1, -0.05) is 6.07 Å². The molecule has 1 aliphatic carbocycles. The molecule has 0 saturated carbocycles. The Morgan fingerprint density at radius 2 is 2.00 bits per heavy atom. The van der Waals surface area contributed by atoms with Crippen LogP contribution in [0.15, 0.2) is 10.5 Å². The van der Waals surface area contributed by atoms with Gasteiger partial charge in [0.25, 0.3) is 0 Å². The highest BCUT2D eigenvalue weighted by atomic mass is 79.9. The van der Waals surface area contributed by atoms with Gasteiger partial charge in [-0.2, -0.15) is 0 Å². The van der Waals surface area contributed by atoms with Gasteiger partial charge in [-0.05, 0) is 78.6 Å². The summed E-state index contributed by atoms with van der Waals surface area (Å²) < 4.78 is 6.73. The Kier molecular flexibility index (Phi) is 4.02. The minimum atomic E-state index is -0.213. The standard InChI is InChI=1S/C15H22BrNO/c1-15(2,17)9-11-8-10-6-4-5-7-12(10)13(16)14(11)18-3/h8H,4-7,9,17H2,1-3H3. The zero-order chi connectivity index (χ0) is 13.3. The highest BCUT2D eigenvalue weighted by molar-refractivity contribution is 9.10. The maximum absolute atomic E-state index is 6.15. The fourth-order valence-corrected chi connectivity index (χ4v) is 3.60. The largest absolute Gasteiger partial charge is 0.495 e. The van der Waals surface area contributed by atoms with E-state index in [4.69, 9.17) is 10.5 Å². The third-order valence-electron chi connectivity index (χ3n) is 3.47. The summed E-state index contributed by atoms with van der Waals surface area (Å²) in [4.78, 5) is 0. The van der Waals surface area contributed by atoms with Crippen LogP contribution < -0.4 is 10.5 Å². The Morgan fingerprint density at radius 1 is 1.33 bits per heavy atom. The lowest BCUT2D eigenvalue weighted by molar-refractivity contribution is 0.398. The fraction of sp³-hybridized carbons (Fsp3) is 0.600. The molecule has 0 aromatic heterocycles. The van der Waals surface area contributed by atoms with E-state index in [0.29, 0.717) is 0 Å². The van der Waals surface area contributed by atoms with Crippen LogP contribution in [0.4, 0.5) is 0 Å². The van der Waals surface area contributed by atoms with Gasteiger partial charge >= 0.3 is 0 Å². The molecule has 0 spiro atoms. The molecule has 0 aliphatic heterocycles. The number of ether oxygens (including phenoxy) is 1. The lowest BCUT2D eigenvalue weighted by atomic mass is 9.87. The first-order valence-corrected chi connectivity index (χ1v) is 7.37. The number of benzene rings is 1. The zero-order valence-corrected chi connectivity index (χ0v) is 13.1. The van der Waals surface area contributed by atoms with E-state index in [1.165, 1.54) is 36.0 Å². The summed E-state index contributed by atoms with van der Waals surface area (Å²) in [6.07, 6.45) is 5.73. The summed E-state index contributed by atoms with van der Waals surface area (Å²) in [6.45, 7) is 4.11. The Hall–Kier alpha value is -0.540. The number of halogens is 1. The minimum absolute atomic E-state index is 0.213. The van der Waals surface area contributed by atoms with Crippen LogP contribution in [0.1, 0.15) is 43.4 Å². The average Bonchev–Trinajstić information content (AvgIpc) is 2.27. The van der Waals surface area contributed by atoms with Crippen molar-refractivity contribution in [1.29, 1.82) is 0 Å². The first kappa shape index (κ1) is 13.9. The number of aryl methyl sites for hydroxylation is 1. The number of methoxy groups -OCH3 is 1. The van der Waals surface area contributed by atoms with E-state index in [1.54, 1.807) is 7.11 Å². The van der Waals surface area contributed by atoms with Crippen molar-refractivity contribution in [1.82, 2.24) is 0 Å². The van der Waals surface area contributed by atoms with E-state index in [1.807, 2.05) is 0 Å². The molecule has 3 heteroatoms. The number of hydrogen-bond acceptors (Lipinski definition) is 2. The second kappa shape index (κ2) is 5.22. The van der Waals surface area contributed by atoms with Gasteiger partial charge in [0.15, 0.2) is 0 Å². The van der Waals surface area contributed by atoms with Crippen LogP contribution in [-0.2, 0) is 19.3 Å². The summed E-state index contributed by atoms with van der Waals surface area (Å²) in [5, 5.41) is 0. The Bertz CT molecular complexity index is 449. The van der Waals surface area contributed by atoms with Crippen molar-refractivity contribution >= 4 is 15.9 Å². The van der Waals surface area contributed by atoms with Crippen molar-refractivity contribution in [3.8, 4) is 5.75 Å². The molecule has 0 amide bonds. The molecule has 100 valence electrons. The lowest BCUT2D eigenvalue weighted by Gasteiger charge is -2.25. The summed E-state index contributed by atoms with van der Waals surface area (Å²) in [7, 11) is 1.74. The molecule has 1 aromatic rings. The van der Waals surface area contributed by atoms with Gasteiger partial charge < -0.3 is 10.5 Å². The number of rotatable bonds is 3. The van der Waals surface area contributed by atoms with Crippen LogP contribution in [0.3, 0.4) is 0 Å². The average molecular weight is 312 g/mol. The van der Waals surface area contributed by atoms with Gasteiger partial charge in [0.05, 0.1) is 11.6 Å². The second-order valence-electron chi connectivity index (χ2n) is 5.89. The van der Waals surface area contributed by atoms with Crippen molar-refractivity contribution in [3.05, 3.63) is 27.2 Å². The Labute approximate surface area is 118 Å². The predicted octanol–water partition coefficient (Wildman–Crippen LogP) is 3.62. The summed E-state index contributed by atoms with van der Waals surface area (Å²) >= 11 is 3.72. The second-order valence-corrected chi connectivity index (χ2v) is 6.69. The van der Waals surface area contributed by atoms with E-state index in [0.717, 1.165) is 23.1 Å². The van der Waals surface area contributed by atoms with Crippen LogP contribution >= 0.6 is 15.9 Å². The predicted molar refractivity (Wildman–Crippen MR) is 79.3 cm³/mol. The molecule has 0 unspecified atom stereocenters. The van der Waals surface area contributed by atoms with Crippen LogP contribution in [-0.4, -0.2) is 12.6 Å². The Balaban J connectivity index is 2.48. The first-order valence-electron chi connectivity index (χ1n) is 6.58. The van der Waals surface area contributed by atoms with Crippen molar-refractivity contribution in [2.24, 2.45) is 5.73 Å². The molecule has 0 fully saturated rings. The van der Waals surface area contributed by atoms with E-state index < -0.39 is 0 Å². The summed E-state index contributed by atoms with van der Waals surface area (Å²) in [5.41, 5.74) is 10.0. The fourth-order valence-electron chi connectivity index (χ4n) is 2.74. The van der Waals surface area contributed by atoms with Crippen molar-refractivity contribution in [3.63, 3.8) is 0 Å². The molecule has 1 aromatic carbocycles. The third kappa shape index (κ3) is 2.89. The topological polar surface area (TPSA) is 35.2 Å². The molecular weight excluding hydrogens is 290 g/mol. The molecule has 0 radical (unpaired) electrons. The highest BCUT2D eigenvalue weighted by Crippen LogP contribution is 2.39. The molecule has 2 N–H and O–H groups in total. The number of nitrogens with two attached hydrogens (primary N) is 1. The molecule has 0 heterocycles. The minimum Gasteiger partial charge on any atom is -0.495 e. The van der Waals surface area contributed by atoms with Gasteiger partial charge in [-0.15, -0.1) is 0 Å². The van der Waals surface area contributed by atoms with Crippen LogP contribution in [0.5, 0.6) is 5.75 Å². The molecule has 0 saturated heterocycles. The van der Waals surface area contributed by atoms with Gasteiger partial charge in [-0.25, -0.2) is 0 Å². The molecule has 2 nitrogen and oxygen atoms in total. The maximum atomic E-state index is 6.15. The first-order chi connectivity index (χ1) is 8.42. The van der Waals surface area contributed by atoms with E-state index in [9.17, 15) is 0 Å². The van der Waals surface area contributed by atoms with E-state index in [2.05, 4.69) is 35.8 Å². The Morgan fingerprint density at radius 3 is 2.61 bits per heavy atom. The molecule has 18 heavy (non-hydrogen) atoms. The molecular formula is C15H22BrNO. The van der Waals surface area contributed by atoms with Crippen LogP contribution in [0.2, 0.25) is 0 Å². The maximum Gasteiger partial charge on any atom is 0.136 e. The summed E-state index contributed by atoms with van der Waals surface area (Å²) in [6, 6.07) is 2.30. The molecule has 2 rings (SSSR count). The van der Waals surface area contributed by atoms with Crippen molar-refractivity contribution < 1.29 is 4.74 Å². The smallest absolute Gasteiger partial charge is 0.136 e. The van der Waals surface area contributed by atoms with Crippen LogP contribution in [0.25, 0.3) is 0 Å². The van der Waals surface area contributed by atoms with E-state index in [-0.39, 0.29) is 5.54 Å². The molecule has 0 bridgehead atoms. The van der Waals surface area contributed by atoms with E-state index >= 15 is 0 Å². The quantitative estimate of drug-likeness (QED) is 0.925. The van der Waals surface area contributed by atoms with Gasteiger partial charge in [0.1, 0.15) is 5.75 Å².